The van der Waals surface area contributed by atoms with Gasteiger partial charge in [0.05, 0.1) is 0 Å². The lowest BCUT2D eigenvalue weighted by Crippen LogP contribution is -2.36. The van der Waals surface area contributed by atoms with Crippen LogP contribution >= 0.6 is 0 Å². The van der Waals surface area contributed by atoms with Gasteiger partial charge in [0.25, 0.3) is 0 Å². The number of carbonyl (C=O) groups is 1. The van der Waals surface area contributed by atoms with Crippen molar-refractivity contribution >= 4 is 11.7 Å². The van der Waals surface area contributed by atoms with E-state index in [9.17, 15) is 4.79 Å². The molecule has 0 fully saturated rings. The lowest BCUT2D eigenvalue weighted by atomic mass is 10.1. The van der Waals surface area contributed by atoms with Crippen molar-refractivity contribution in [1.82, 2.24) is 5.32 Å². The standard InChI is InChI=1S/C18H26N2O2/c1-2-3-4-5-14-6-9-16(10-7-14)19-18(22)20-17-11-8-15(12-17)13-21/h6-11,15,17,21H,2-5,12-13H2,1H3,(H2,19,20,22)/t15-,17+/m0/s1. The van der Waals surface area contributed by atoms with Crippen molar-refractivity contribution in [3.05, 3.63) is 42.0 Å². The van der Waals surface area contributed by atoms with Crippen LogP contribution in [0.15, 0.2) is 36.4 Å². The maximum Gasteiger partial charge on any atom is 0.319 e. The number of urea groups is 1. The first kappa shape index (κ1) is 16.6. The van der Waals surface area contributed by atoms with E-state index in [1.807, 2.05) is 24.3 Å². The van der Waals surface area contributed by atoms with Crippen molar-refractivity contribution in [2.24, 2.45) is 5.92 Å². The summed E-state index contributed by atoms with van der Waals surface area (Å²) in [4.78, 5) is 11.9. The van der Waals surface area contributed by atoms with Gasteiger partial charge in [-0.1, -0.05) is 44.1 Å². The summed E-state index contributed by atoms with van der Waals surface area (Å²) in [5.41, 5.74) is 2.11. The van der Waals surface area contributed by atoms with E-state index in [2.05, 4.69) is 29.7 Å². The van der Waals surface area contributed by atoms with E-state index in [1.54, 1.807) is 0 Å². The van der Waals surface area contributed by atoms with Gasteiger partial charge in [0, 0.05) is 24.3 Å². The minimum atomic E-state index is -0.202. The summed E-state index contributed by atoms with van der Waals surface area (Å²) >= 11 is 0. The van der Waals surface area contributed by atoms with Gasteiger partial charge in [-0.15, -0.1) is 0 Å². The van der Waals surface area contributed by atoms with Crippen LogP contribution < -0.4 is 10.6 Å². The Kier molecular flexibility index (Phi) is 6.46. The van der Waals surface area contributed by atoms with E-state index in [1.165, 1.54) is 24.8 Å². The Hall–Kier alpha value is -1.81. The highest BCUT2D eigenvalue weighted by Crippen LogP contribution is 2.17. The van der Waals surface area contributed by atoms with Crippen LogP contribution in [0.25, 0.3) is 0 Å². The summed E-state index contributed by atoms with van der Waals surface area (Å²) in [6, 6.07) is 7.84. The largest absolute Gasteiger partial charge is 0.396 e. The molecule has 4 nitrogen and oxygen atoms in total. The van der Waals surface area contributed by atoms with E-state index in [4.69, 9.17) is 5.11 Å². The maximum atomic E-state index is 11.9. The molecular weight excluding hydrogens is 276 g/mol. The second-order valence-electron chi connectivity index (χ2n) is 5.92. The molecule has 0 bridgehead atoms. The zero-order valence-electron chi connectivity index (χ0n) is 13.2. The maximum absolute atomic E-state index is 11.9. The molecule has 2 amide bonds. The molecule has 1 aliphatic carbocycles. The Morgan fingerprint density at radius 2 is 2.00 bits per heavy atom. The Morgan fingerprint density at radius 3 is 2.64 bits per heavy atom. The fourth-order valence-electron chi connectivity index (χ4n) is 2.69. The summed E-state index contributed by atoms with van der Waals surface area (Å²) < 4.78 is 0. The number of hydrogen-bond acceptors (Lipinski definition) is 2. The van der Waals surface area contributed by atoms with Crippen LogP contribution in [0.2, 0.25) is 0 Å². The summed E-state index contributed by atoms with van der Waals surface area (Å²) in [7, 11) is 0. The molecule has 0 unspecified atom stereocenters. The average Bonchev–Trinajstić information content (AvgIpc) is 2.97. The molecule has 1 aromatic rings. The second kappa shape index (κ2) is 8.59. The van der Waals surface area contributed by atoms with Gasteiger partial charge in [0.2, 0.25) is 0 Å². The van der Waals surface area contributed by atoms with Gasteiger partial charge in [-0.05, 0) is 37.0 Å². The topological polar surface area (TPSA) is 61.4 Å². The zero-order chi connectivity index (χ0) is 15.8. The number of aliphatic hydroxyl groups excluding tert-OH is 1. The van der Waals surface area contributed by atoms with E-state index >= 15 is 0 Å². The summed E-state index contributed by atoms with van der Waals surface area (Å²) in [5, 5.41) is 14.8. The van der Waals surface area contributed by atoms with Crippen molar-refractivity contribution in [3.63, 3.8) is 0 Å². The summed E-state index contributed by atoms with van der Waals surface area (Å²) in [6.45, 7) is 2.34. The molecule has 0 aliphatic heterocycles. The highest BCUT2D eigenvalue weighted by Gasteiger charge is 2.19. The lowest BCUT2D eigenvalue weighted by molar-refractivity contribution is 0.238. The average molecular weight is 302 g/mol. The molecular formula is C18H26N2O2. The van der Waals surface area contributed by atoms with Crippen LogP contribution in [-0.2, 0) is 6.42 Å². The van der Waals surface area contributed by atoms with Crippen molar-refractivity contribution in [1.29, 1.82) is 0 Å². The fraction of sp³-hybridized carbons (Fsp3) is 0.500. The monoisotopic (exact) mass is 302 g/mol. The van der Waals surface area contributed by atoms with Crippen LogP contribution in [-0.4, -0.2) is 23.8 Å². The molecule has 0 spiro atoms. The Bertz CT molecular complexity index is 496. The summed E-state index contributed by atoms with van der Waals surface area (Å²) in [5.74, 6) is 0.160. The van der Waals surface area contributed by atoms with Gasteiger partial charge in [0.1, 0.15) is 0 Å². The molecule has 120 valence electrons. The zero-order valence-corrected chi connectivity index (χ0v) is 13.2. The quantitative estimate of drug-likeness (QED) is 0.533. The molecule has 0 heterocycles. The van der Waals surface area contributed by atoms with Crippen LogP contribution in [0.3, 0.4) is 0 Å². The number of carbonyl (C=O) groups excluding carboxylic acids is 1. The van der Waals surface area contributed by atoms with E-state index in [0.29, 0.717) is 0 Å². The molecule has 22 heavy (non-hydrogen) atoms. The minimum absolute atomic E-state index is 0.00506. The van der Waals surface area contributed by atoms with E-state index in [-0.39, 0.29) is 24.6 Å². The number of anilines is 1. The minimum Gasteiger partial charge on any atom is -0.396 e. The number of hydrogen-bond donors (Lipinski definition) is 3. The van der Waals surface area contributed by atoms with Crippen LogP contribution in [0.4, 0.5) is 10.5 Å². The molecule has 0 aromatic heterocycles. The first-order valence-electron chi connectivity index (χ1n) is 8.17. The molecule has 2 atom stereocenters. The highest BCUT2D eigenvalue weighted by molar-refractivity contribution is 5.89. The van der Waals surface area contributed by atoms with Gasteiger partial charge in [-0.2, -0.15) is 0 Å². The molecule has 1 aliphatic rings. The van der Waals surface area contributed by atoms with Gasteiger partial charge < -0.3 is 15.7 Å². The smallest absolute Gasteiger partial charge is 0.319 e. The second-order valence-corrected chi connectivity index (χ2v) is 5.92. The number of nitrogens with one attached hydrogen (secondary N) is 2. The molecule has 0 radical (unpaired) electrons. The van der Waals surface area contributed by atoms with Crippen LogP contribution in [0.5, 0.6) is 0 Å². The predicted molar refractivity (Wildman–Crippen MR) is 89.9 cm³/mol. The number of unbranched alkanes of at least 4 members (excludes halogenated alkanes) is 2. The van der Waals surface area contributed by atoms with Gasteiger partial charge >= 0.3 is 6.03 Å². The Labute approximate surface area is 132 Å². The molecule has 1 aromatic carbocycles. The van der Waals surface area contributed by atoms with Crippen LogP contribution in [0, 0.1) is 5.92 Å². The third kappa shape index (κ3) is 5.19. The van der Waals surface area contributed by atoms with Crippen molar-refractivity contribution < 1.29 is 9.90 Å². The number of aliphatic hydroxyl groups is 1. The molecule has 3 N–H and O–H groups in total. The number of rotatable bonds is 7. The number of aryl methyl sites for hydroxylation is 1. The number of benzene rings is 1. The summed E-state index contributed by atoms with van der Waals surface area (Å²) in [6.07, 6.45) is 9.45. The Balaban J connectivity index is 1.76. The molecule has 0 saturated heterocycles. The van der Waals surface area contributed by atoms with Gasteiger partial charge in [-0.3, -0.25) is 0 Å². The molecule has 2 rings (SSSR count). The van der Waals surface area contributed by atoms with Crippen molar-refractivity contribution in [2.75, 3.05) is 11.9 Å². The fourth-order valence-corrected chi connectivity index (χ4v) is 2.69. The Morgan fingerprint density at radius 1 is 1.23 bits per heavy atom. The lowest BCUT2D eigenvalue weighted by Gasteiger charge is -2.13. The van der Waals surface area contributed by atoms with Crippen molar-refractivity contribution in [3.8, 4) is 0 Å². The number of amides is 2. The normalized spacial score (nSPS) is 20.1. The SMILES string of the molecule is CCCCCc1ccc(NC(=O)N[C@@H]2C=C[C@H](CO)C2)cc1. The van der Waals surface area contributed by atoms with Crippen molar-refractivity contribution in [2.45, 2.75) is 45.1 Å². The first-order chi connectivity index (χ1) is 10.7. The van der Waals surface area contributed by atoms with Gasteiger partial charge in [-0.25, -0.2) is 4.79 Å². The van der Waals surface area contributed by atoms with E-state index < -0.39 is 0 Å². The van der Waals surface area contributed by atoms with E-state index in [0.717, 1.165) is 18.5 Å². The molecule has 0 saturated carbocycles. The third-order valence-electron chi connectivity index (χ3n) is 4.00. The first-order valence-corrected chi connectivity index (χ1v) is 8.17. The van der Waals surface area contributed by atoms with Crippen LogP contribution in [0.1, 0.15) is 38.2 Å². The third-order valence-corrected chi connectivity index (χ3v) is 4.00. The predicted octanol–water partition coefficient (Wildman–Crippen LogP) is 3.48. The highest BCUT2D eigenvalue weighted by atomic mass is 16.3. The van der Waals surface area contributed by atoms with Gasteiger partial charge in [0.15, 0.2) is 0 Å². The molecule has 4 heteroatoms.